The number of halogens is 2. The van der Waals surface area contributed by atoms with Gasteiger partial charge < -0.3 is 9.64 Å². The van der Waals surface area contributed by atoms with Crippen LogP contribution in [0, 0.1) is 25.2 Å². The monoisotopic (exact) mass is 639 g/mol. The molecule has 1 amide bonds. The van der Waals surface area contributed by atoms with Gasteiger partial charge in [-0.15, -0.1) is 12.4 Å². The molecular weight excluding hydrogens is 605 g/mol. The van der Waals surface area contributed by atoms with E-state index in [1.165, 1.54) is 30.5 Å². The molecule has 2 aromatic heterocycles. The molecular formula is C32H35ClFN5O4S. The van der Waals surface area contributed by atoms with E-state index in [9.17, 15) is 17.6 Å². The molecule has 0 saturated carbocycles. The van der Waals surface area contributed by atoms with Crippen LogP contribution >= 0.6 is 12.4 Å². The molecule has 3 heterocycles. The highest BCUT2D eigenvalue weighted by atomic mass is 35.5. The summed E-state index contributed by atoms with van der Waals surface area (Å²) in [5.41, 5.74) is 3.84. The lowest BCUT2D eigenvalue weighted by atomic mass is 9.87. The molecule has 0 saturated heterocycles. The number of benzene rings is 2. The number of nitrogens with one attached hydrogen (secondary N) is 1. The maximum Gasteiger partial charge on any atom is 0.264 e. The number of hydrogen-bond acceptors (Lipinski definition) is 7. The number of sulfonamides is 1. The van der Waals surface area contributed by atoms with Crippen LogP contribution in [-0.2, 0) is 16.6 Å². The number of hydrogen-bond donors (Lipinski definition) is 1. The van der Waals surface area contributed by atoms with Crippen molar-refractivity contribution in [1.82, 2.24) is 19.9 Å². The quantitative estimate of drug-likeness (QED) is 0.259. The van der Waals surface area contributed by atoms with Crippen LogP contribution in [0.1, 0.15) is 54.2 Å². The van der Waals surface area contributed by atoms with Crippen LogP contribution in [0.3, 0.4) is 0 Å². The largest absolute Gasteiger partial charge is 0.475 e. The van der Waals surface area contributed by atoms with E-state index in [0.717, 1.165) is 16.7 Å². The molecule has 44 heavy (non-hydrogen) atoms. The summed E-state index contributed by atoms with van der Waals surface area (Å²) in [6.07, 6.45) is 1.93. The predicted octanol–water partition coefficient (Wildman–Crippen LogP) is 6.36. The van der Waals surface area contributed by atoms with Gasteiger partial charge in [-0.25, -0.2) is 23.1 Å². The number of ether oxygens (including phenoxy) is 1. The molecule has 232 valence electrons. The molecule has 0 unspecified atom stereocenters. The molecule has 5 rings (SSSR count). The van der Waals surface area contributed by atoms with E-state index in [2.05, 4.69) is 40.4 Å². The number of pyridine rings is 1. The van der Waals surface area contributed by atoms with Gasteiger partial charge in [0.15, 0.2) is 0 Å². The van der Waals surface area contributed by atoms with Crippen LogP contribution in [-0.4, -0.2) is 46.8 Å². The number of aryl methyl sites for hydroxylation is 2. The van der Waals surface area contributed by atoms with Crippen molar-refractivity contribution in [3.63, 3.8) is 0 Å². The Kier molecular flexibility index (Phi) is 9.60. The third kappa shape index (κ3) is 7.51. The van der Waals surface area contributed by atoms with Gasteiger partial charge in [-0.05, 0) is 66.6 Å². The smallest absolute Gasteiger partial charge is 0.264 e. The van der Waals surface area contributed by atoms with Crippen molar-refractivity contribution in [2.24, 2.45) is 5.41 Å². The zero-order valence-electron chi connectivity index (χ0n) is 25.2. The van der Waals surface area contributed by atoms with Gasteiger partial charge in [0.05, 0.1) is 16.6 Å². The zero-order chi connectivity index (χ0) is 30.9. The van der Waals surface area contributed by atoms with Crippen LogP contribution < -0.4 is 9.46 Å². The lowest BCUT2D eigenvalue weighted by Crippen LogP contribution is -2.45. The zero-order valence-corrected chi connectivity index (χ0v) is 26.8. The summed E-state index contributed by atoms with van der Waals surface area (Å²) in [6, 6.07) is 15.7. The first kappa shape index (κ1) is 32.8. The Labute approximate surface area is 263 Å². The van der Waals surface area contributed by atoms with Crippen LogP contribution in [0.25, 0.3) is 11.3 Å². The van der Waals surface area contributed by atoms with E-state index < -0.39 is 27.9 Å². The Bertz CT molecular complexity index is 1760. The maximum atomic E-state index is 14.1. The van der Waals surface area contributed by atoms with Crippen molar-refractivity contribution >= 4 is 34.3 Å². The summed E-state index contributed by atoms with van der Waals surface area (Å²) >= 11 is 0. The molecule has 4 bridgehead atoms. The fourth-order valence-corrected chi connectivity index (χ4v) is 6.23. The Morgan fingerprint density at radius 2 is 1.73 bits per heavy atom. The van der Waals surface area contributed by atoms with Gasteiger partial charge in [0.25, 0.3) is 15.9 Å². The van der Waals surface area contributed by atoms with Crippen LogP contribution in [0.4, 0.5) is 10.3 Å². The number of carbonyl (C=O) groups is 1. The average Bonchev–Trinajstić information content (AvgIpc) is 2.93. The second-order valence-corrected chi connectivity index (χ2v) is 13.6. The molecule has 4 aromatic rings. The molecule has 1 aliphatic heterocycles. The second-order valence-electron chi connectivity index (χ2n) is 12.0. The van der Waals surface area contributed by atoms with E-state index in [1.54, 1.807) is 23.1 Å². The highest BCUT2D eigenvalue weighted by Gasteiger charge is 2.31. The molecule has 1 atom stereocenters. The van der Waals surface area contributed by atoms with Crippen molar-refractivity contribution < 1.29 is 22.3 Å². The molecule has 0 spiro atoms. The fourth-order valence-electron chi connectivity index (χ4n) is 5.24. The first-order chi connectivity index (χ1) is 20.3. The fraction of sp³-hybridized carbons (Fsp3) is 0.312. The lowest BCUT2D eigenvalue weighted by Gasteiger charge is -2.35. The van der Waals surface area contributed by atoms with Gasteiger partial charge in [-0.2, -0.15) is 9.37 Å². The van der Waals surface area contributed by atoms with Gasteiger partial charge in [0.1, 0.15) is 6.61 Å². The van der Waals surface area contributed by atoms with Crippen LogP contribution in [0.5, 0.6) is 5.88 Å². The van der Waals surface area contributed by atoms with Gasteiger partial charge in [-0.1, -0.05) is 51.1 Å². The normalized spacial score (nSPS) is 16.4. The number of carbonyl (C=O) groups excluding carboxylic acids is 1. The highest BCUT2D eigenvalue weighted by Crippen LogP contribution is 2.31. The first-order valence-electron chi connectivity index (χ1n) is 13.9. The SMILES string of the molecule is Cc1cccc(C)c1-c1cc2nc(n1)NS(=O)(=O)c1cccc(c1)C(=O)N(Cc1ccc(F)nc1)[C@H](CC(C)(C)C)CO2.Cl. The third-order valence-corrected chi connectivity index (χ3v) is 8.50. The van der Waals surface area contributed by atoms with E-state index in [0.29, 0.717) is 17.7 Å². The Morgan fingerprint density at radius 3 is 2.39 bits per heavy atom. The Morgan fingerprint density at radius 1 is 1.02 bits per heavy atom. The predicted molar refractivity (Wildman–Crippen MR) is 169 cm³/mol. The summed E-state index contributed by atoms with van der Waals surface area (Å²) in [6.45, 7) is 10.3. The van der Waals surface area contributed by atoms with Crippen LogP contribution in [0.2, 0.25) is 0 Å². The van der Waals surface area contributed by atoms with E-state index in [-0.39, 0.29) is 53.3 Å². The summed E-state index contributed by atoms with van der Waals surface area (Å²) in [5.74, 6) is -1.01. The topological polar surface area (TPSA) is 114 Å². The minimum absolute atomic E-state index is 0. The van der Waals surface area contributed by atoms with E-state index in [1.807, 2.05) is 32.0 Å². The lowest BCUT2D eigenvalue weighted by molar-refractivity contribution is 0.0512. The first-order valence-corrected chi connectivity index (χ1v) is 15.4. The summed E-state index contributed by atoms with van der Waals surface area (Å²) < 4.78 is 49.4. The standard InChI is InChI=1S/C32H34FN5O4S.ClH/c1-20-8-6-9-21(2)29(20)26-15-28-36-31(35-26)37-43(40,41)25-11-7-10-23(14-25)30(39)38(18-22-12-13-27(33)34-17-22)24(19-42-28)16-32(3,4)5;/h6-15,17,24H,16,18-19H2,1-5H3,(H,35,36,37);1H/t24-;/m1./s1. The van der Waals surface area contributed by atoms with Crippen molar-refractivity contribution in [2.75, 3.05) is 11.3 Å². The van der Waals surface area contributed by atoms with E-state index >= 15 is 0 Å². The maximum absolute atomic E-state index is 14.1. The Balaban J connectivity index is 0.00000442. The van der Waals surface area contributed by atoms with Gasteiger partial charge in [-0.3, -0.25) is 4.79 Å². The van der Waals surface area contributed by atoms with Crippen molar-refractivity contribution in [1.29, 1.82) is 0 Å². The molecule has 2 aromatic carbocycles. The summed E-state index contributed by atoms with van der Waals surface area (Å²) in [5, 5.41) is 0. The highest BCUT2D eigenvalue weighted by molar-refractivity contribution is 7.92. The molecule has 1 aliphatic rings. The number of fused-ring (bicyclic) bond motifs is 4. The number of amides is 1. The average molecular weight is 640 g/mol. The summed E-state index contributed by atoms with van der Waals surface area (Å²) in [4.78, 5) is 28.4. The molecule has 0 aliphatic carbocycles. The van der Waals surface area contributed by atoms with Crippen molar-refractivity contribution in [3.05, 3.63) is 95.1 Å². The van der Waals surface area contributed by atoms with Crippen molar-refractivity contribution in [3.8, 4) is 17.1 Å². The Hall–Kier alpha value is -4.09. The number of anilines is 1. The molecule has 12 heteroatoms. The number of aromatic nitrogens is 3. The molecule has 9 nitrogen and oxygen atoms in total. The minimum Gasteiger partial charge on any atom is -0.475 e. The molecule has 1 N–H and O–H groups in total. The number of nitrogens with zero attached hydrogens (tertiary/aromatic N) is 4. The molecule has 0 radical (unpaired) electrons. The minimum atomic E-state index is -4.18. The van der Waals surface area contributed by atoms with Crippen LogP contribution in [0.15, 0.2) is 71.8 Å². The van der Waals surface area contributed by atoms with Crippen molar-refractivity contribution in [2.45, 2.75) is 58.5 Å². The third-order valence-electron chi connectivity index (χ3n) is 7.17. The molecule has 0 fully saturated rings. The number of rotatable bonds is 4. The van der Waals surface area contributed by atoms with Gasteiger partial charge in [0, 0.05) is 29.9 Å². The second kappa shape index (κ2) is 12.9. The van der Waals surface area contributed by atoms with Gasteiger partial charge in [0.2, 0.25) is 17.8 Å². The van der Waals surface area contributed by atoms with E-state index in [4.69, 9.17) is 4.74 Å². The summed E-state index contributed by atoms with van der Waals surface area (Å²) in [7, 11) is -4.18. The van der Waals surface area contributed by atoms with Gasteiger partial charge >= 0.3 is 0 Å².